The van der Waals surface area contributed by atoms with Crippen LogP contribution in [0, 0.1) is 6.92 Å². The highest BCUT2D eigenvalue weighted by atomic mass is 79.9. The second kappa shape index (κ2) is 6.69. The van der Waals surface area contributed by atoms with Gasteiger partial charge in [0.2, 0.25) is 0 Å². The summed E-state index contributed by atoms with van der Waals surface area (Å²) in [5, 5.41) is 11.1. The average Bonchev–Trinajstić information content (AvgIpc) is 2.46. The van der Waals surface area contributed by atoms with Crippen molar-refractivity contribution in [3.05, 3.63) is 56.5 Å². The molecule has 0 saturated carbocycles. The highest BCUT2D eigenvalue weighted by Gasteiger charge is 2.19. The van der Waals surface area contributed by atoms with Crippen LogP contribution in [0.1, 0.15) is 22.8 Å². The fourth-order valence-corrected chi connectivity index (χ4v) is 2.98. The van der Waals surface area contributed by atoms with Gasteiger partial charge in [0.25, 0.3) is 0 Å². The second-order valence-corrected chi connectivity index (χ2v) is 5.92. The van der Waals surface area contributed by atoms with Crippen LogP contribution >= 0.6 is 27.5 Å². The minimum absolute atomic E-state index is 0.532. The van der Waals surface area contributed by atoms with Crippen LogP contribution in [-0.4, -0.2) is 19.3 Å². The zero-order valence-corrected chi connectivity index (χ0v) is 14.3. The molecule has 2 aromatic carbocycles. The van der Waals surface area contributed by atoms with E-state index >= 15 is 0 Å². The molecule has 0 bridgehead atoms. The Bertz CT molecular complexity index is 658. The van der Waals surface area contributed by atoms with Crippen molar-refractivity contribution in [2.24, 2.45) is 0 Å². The maximum Gasteiger partial charge on any atom is 0.161 e. The summed E-state index contributed by atoms with van der Waals surface area (Å²) < 4.78 is 11.2. The van der Waals surface area contributed by atoms with Crippen LogP contribution in [0.5, 0.6) is 11.5 Å². The molecular formula is C16H16BrClO3. The zero-order valence-electron chi connectivity index (χ0n) is 12.0. The number of rotatable bonds is 4. The Morgan fingerprint density at radius 1 is 1.05 bits per heavy atom. The molecule has 0 aromatic heterocycles. The number of benzene rings is 2. The maximum atomic E-state index is 10.6. The van der Waals surface area contributed by atoms with Crippen molar-refractivity contribution in [2.45, 2.75) is 13.0 Å². The molecule has 0 heterocycles. The van der Waals surface area contributed by atoms with Gasteiger partial charge in [0.1, 0.15) is 6.10 Å². The molecule has 1 atom stereocenters. The van der Waals surface area contributed by atoms with Crippen molar-refractivity contribution >= 4 is 27.5 Å². The van der Waals surface area contributed by atoms with Crippen LogP contribution < -0.4 is 9.47 Å². The number of hydrogen-bond donors (Lipinski definition) is 1. The van der Waals surface area contributed by atoms with Gasteiger partial charge in [-0.05, 0) is 30.7 Å². The summed E-state index contributed by atoms with van der Waals surface area (Å²) in [5.41, 5.74) is 2.36. The second-order valence-electron chi connectivity index (χ2n) is 4.66. The maximum absolute atomic E-state index is 10.6. The monoisotopic (exact) mass is 370 g/mol. The van der Waals surface area contributed by atoms with Crippen LogP contribution in [0.3, 0.4) is 0 Å². The average molecular weight is 372 g/mol. The molecule has 0 radical (unpaired) electrons. The number of hydrogen-bond acceptors (Lipinski definition) is 3. The van der Waals surface area contributed by atoms with E-state index in [0.29, 0.717) is 27.6 Å². The highest BCUT2D eigenvalue weighted by Crippen LogP contribution is 2.39. The van der Waals surface area contributed by atoms with Gasteiger partial charge in [0.15, 0.2) is 11.5 Å². The summed E-state index contributed by atoms with van der Waals surface area (Å²) in [4.78, 5) is 0. The molecule has 1 N–H and O–H groups in total. The lowest BCUT2D eigenvalue weighted by Gasteiger charge is -2.18. The van der Waals surface area contributed by atoms with E-state index in [1.54, 1.807) is 26.4 Å². The third-order valence-electron chi connectivity index (χ3n) is 3.25. The van der Waals surface area contributed by atoms with Crippen molar-refractivity contribution in [3.8, 4) is 11.5 Å². The molecule has 1 unspecified atom stereocenters. The van der Waals surface area contributed by atoms with Crippen molar-refractivity contribution in [3.63, 3.8) is 0 Å². The number of halogens is 2. The number of aryl methyl sites for hydroxylation is 1. The number of methoxy groups -OCH3 is 2. The quantitative estimate of drug-likeness (QED) is 0.859. The Balaban J connectivity index is 2.50. The lowest BCUT2D eigenvalue weighted by atomic mass is 10.00. The first-order valence-electron chi connectivity index (χ1n) is 6.33. The van der Waals surface area contributed by atoms with E-state index in [1.807, 2.05) is 25.1 Å². The van der Waals surface area contributed by atoms with E-state index in [1.165, 1.54) is 0 Å². The summed E-state index contributed by atoms with van der Waals surface area (Å²) >= 11 is 9.68. The first kappa shape index (κ1) is 16.1. The number of ether oxygens (including phenoxy) is 2. The molecule has 5 heteroatoms. The topological polar surface area (TPSA) is 38.7 Å². The van der Waals surface area contributed by atoms with Gasteiger partial charge >= 0.3 is 0 Å². The molecule has 0 saturated heterocycles. The van der Waals surface area contributed by atoms with Crippen LogP contribution in [0.4, 0.5) is 0 Å². The molecule has 0 spiro atoms. The molecule has 0 amide bonds. The first-order valence-corrected chi connectivity index (χ1v) is 7.50. The normalized spacial score (nSPS) is 12.1. The lowest BCUT2D eigenvalue weighted by molar-refractivity contribution is 0.218. The van der Waals surface area contributed by atoms with E-state index in [4.69, 9.17) is 21.1 Å². The van der Waals surface area contributed by atoms with Gasteiger partial charge in [0.05, 0.1) is 14.2 Å². The third-order valence-corrected chi connectivity index (χ3v) is 4.26. The van der Waals surface area contributed by atoms with Gasteiger partial charge in [-0.3, -0.25) is 0 Å². The van der Waals surface area contributed by atoms with Gasteiger partial charge in [-0.2, -0.15) is 0 Å². The van der Waals surface area contributed by atoms with E-state index < -0.39 is 6.10 Å². The fourth-order valence-electron chi connectivity index (χ4n) is 2.10. The van der Waals surface area contributed by atoms with Crippen molar-refractivity contribution in [1.29, 1.82) is 0 Å². The van der Waals surface area contributed by atoms with E-state index in [0.717, 1.165) is 10.0 Å². The molecule has 3 nitrogen and oxygen atoms in total. The molecule has 112 valence electrons. The first-order chi connectivity index (χ1) is 9.97. The predicted molar refractivity (Wildman–Crippen MR) is 87.5 cm³/mol. The SMILES string of the molecule is COc1cc(Br)c(C(O)c2ccc(C)cc2Cl)cc1OC. The summed E-state index contributed by atoms with van der Waals surface area (Å²) in [6.45, 7) is 1.95. The Kier molecular flexibility index (Phi) is 5.14. The van der Waals surface area contributed by atoms with Gasteiger partial charge in [-0.15, -0.1) is 0 Å². The van der Waals surface area contributed by atoms with Crippen LogP contribution in [-0.2, 0) is 0 Å². The Morgan fingerprint density at radius 3 is 2.24 bits per heavy atom. The molecule has 2 rings (SSSR count). The molecule has 0 fully saturated rings. The van der Waals surface area contributed by atoms with Crippen molar-refractivity contribution in [1.82, 2.24) is 0 Å². The lowest BCUT2D eigenvalue weighted by Crippen LogP contribution is -2.03. The van der Waals surface area contributed by atoms with Crippen LogP contribution in [0.25, 0.3) is 0 Å². The third kappa shape index (κ3) is 3.34. The largest absolute Gasteiger partial charge is 0.493 e. The van der Waals surface area contributed by atoms with Gasteiger partial charge in [0, 0.05) is 20.6 Å². The molecule has 2 aromatic rings. The van der Waals surface area contributed by atoms with E-state index in [-0.39, 0.29) is 0 Å². The van der Waals surface area contributed by atoms with Crippen molar-refractivity contribution in [2.75, 3.05) is 14.2 Å². The summed E-state index contributed by atoms with van der Waals surface area (Å²) in [5.74, 6) is 1.15. The number of aliphatic hydroxyl groups excluding tert-OH is 1. The Morgan fingerprint density at radius 2 is 1.67 bits per heavy atom. The molecule has 0 aliphatic carbocycles. The summed E-state index contributed by atoms with van der Waals surface area (Å²) in [6, 6.07) is 9.07. The Hall–Kier alpha value is -1.23. The number of aliphatic hydroxyl groups is 1. The molecule has 0 aliphatic heterocycles. The van der Waals surface area contributed by atoms with E-state index in [2.05, 4.69) is 15.9 Å². The van der Waals surface area contributed by atoms with Crippen LogP contribution in [0.15, 0.2) is 34.8 Å². The Labute approximate surface area is 137 Å². The smallest absolute Gasteiger partial charge is 0.161 e. The predicted octanol–water partition coefficient (Wildman–Crippen LogP) is 4.51. The molecule has 0 aliphatic rings. The van der Waals surface area contributed by atoms with Gasteiger partial charge in [-0.25, -0.2) is 0 Å². The van der Waals surface area contributed by atoms with E-state index in [9.17, 15) is 5.11 Å². The minimum Gasteiger partial charge on any atom is -0.493 e. The summed E-state index contributed by atoms with van der Waals surface area (Å²) in [7, 11) is 3.12. The molecule has 21 heavy (non-hydrogen) atoms. The van der Waals surface area contributed by atoms with Gasteiger partial charge < -0.3 is 14.6 Å². The zero-order chi connectivity index (χ0) is 15.6. The van der Waals surface area contributed by atoms with Gasteiger partial charge in [-0.1, -0.05) is 39.7 Å². The van der Waals surface area contributed by atoms with Crippen molar-refractivity contribution < 1.29 is 14.6 Å². The standard InChI is InChI=1S/C16H16BrClO3/c1-9-4-5-10(13(18)6-9)16(19)11-7-14(20-2)15(21-3)8-12(11)17/h4-8,16,19H,1-3H3. The fraction of sp³-hybridized carbons (Fsp3) is 0.250. The summed E-state index contributed by atoms with van der Waals surface area (Å²) in [6.07, 6.45) is -0.854. The minimum atomic E-state index is -0.854. The molecular weight excluding hydrogens is 356 g/mol. The van der Waals surface area contributed by atoms with Crippen LogP contribution in [0.2, 0.25) is 5.02 Å². The highest BCUT2D eigenvalue weighted by molar-refractivity contribution is 9.10.